The maximum atomic E-state index is 14.6. The van der Waals surface area contributed by atoms with Gasteiger partial charge in [-0.25, -0.2) is 13.9 Å². The van der Waals surface area contributed by atoms with Gasteiger partial charge in [-0.05, 0) is 10.4 Å². The van der Waals surface area contributed by atoms with Gasteiger partial charge in [0.1, 0.15) is 24.4 Å². The second kappa shape index (κ2) is 6.48. The van der Waals surface area contributed by atoms with Crippen molar-refractivity contribution in [1.29, 1.82) is 0 Å². The number of hydrogen-bond acceptors (Lipinski definition) is 10. The van der Waals surface area contributed by atoms with Crippen molar-refractivity contribution >= 4 is 11.9 Å². The summed E-state index contributed by atoms with van der Waals surface area (Å²) in [6.07, 6.45) is -8.66. The first-order chi connectivity index (χ1) is 11.1. The molecule has 136 valence electrons. The van der Waals surface area contributed by atoms with Crippen LogP contribution in [0.25, 0.3) is 0 Å². The van der Waals surface area contributed by atoms with E-state index in [0.717, 1.165) is 0 Å². The number of aromatic nitrogens is 4. The number of aliphatic hydroxyl groups is 3. The number of hydrogen-bond donors (Lipinski definition) is 6. The third-order valence-electron chi connectivity index (χ3n) is 3.75. The van der Waals surface area contributed by atoms with E-state index in [9.17, 15) is 23.8 Å². The molecule has 14 heteroatoms. The molecule has 24 heavy (non-hydrogen) atoms. The number of rotatable bonds is 5. The Morgan fingerprint density at radius 1 is 1.50 bits per heavy atom. The van der Waals surface area contributed by atoms with Crippen LogP contribution in [0.5, 0.6) is 0 Å². The van der Waals surface area contributed by atoms with Crippen LogP contribution >= 0.6 is 0 Å². The van der Waals surface area contributed by atoms with Gasteiger partial charge < -0.3 is 36.6 Å². The first-order valence-electron chi connectivity index (χ1n) is 6.65. The number of carboxylic acids is 1. The quantitative estimate of drug-likeness (QED) is 0.304. The zero-order valence-electron chi connectivity index (χ0n) is 12.0. The smallest absolute Gasteiger partial charge is 0.372 e. The highest BCUT2D eigenvalue weighted by Gasteiger charge is 2.63. The Balaban J connectivity index is 2.49. The van der Waals surface area contributed by atoms with Crippen molar-refractivity contribution < 1.29 is 38.7 Å². The molecular formula is C10H16F2N6O6. The van der Waals surface area contributed by atoms with Crippen LogP contribution in [0.4, 0.5) is 14.7 Å². The zero-order chi connectivity index (χ0) is 18.2. The Morgan fingerprint density at radius 2 is 2.12 bits per heavy atom. The van der Waals surface area contributed by atoms with Gasteiger partial charge in [0.15, 0.2) is 6.17 Å². The molecule has 0 aromatic carbocycles. The van der Waals surface area contributed by atoms with E-state index in [4.69, 9.17) is 21.7 Å². The second-order valence-corrected chi connectivity index (χ2v) is 5.22. The number of halogens is 2. The second-order valence-electron chi connectivity index (χ2n) is 5.22. The lowest BCUT2D eigenvalue weighted by Crippen LogP contribution is -2.68. The molecule has 2 unspecified atom stereocenters. The zero-order valence-corrected chi connectivity index (χ0v) is 12.0. The molecule has 0 spiro atoms. The molecule has 0 bridgehead atoms. The fourth-order valence-electron chi connectivity index (χ4n) is 2.44. The van der Waals surface area contributed by atoms with E-state index in [0.29, 0.717) is 4.68 Å². The third kappa shape index (κ3) is 2.78. The number of nitrogens with zero attached hydrogens (tertiary/aromatic N) is 4. The summed E-state index contributed by atoms with van der Waals surface area (Å²) in [5, 5.41) is 46.9. The van der Waals surface area contributed by atoms with E-state index < -0.39 is 60.9 Å². The summed E-state index contributed by atoms with van der Waals surface area (Å²) in [7, 11) is 0. The molecule has 2 heterocycles. The molecule has 0 amide bonds. The SMILES string of the molecule is Nc1nnnn1[C@H]1C(F)C(F)(C(=O)O)O[C@@H]([C@H](O)[C@H](O)CO)[C@@H]1N. The van der Waals surface area contributed by atoms with E-state index in [1.54, 1.807) is 0 Å². The van der Waals surface area contributed by atoms with Gasteiger partial charge in [0.05, 0.1) is 12.6 Å². The van der Waals surface area contributed by atoms with Gasteiger partial charge >= 0.3 is 11.8 Å². The van der Waals surface area contributed by atoms with Crippen LogP contribution in [0.2, 0.25) is 0 Å². The van der Waals surface area contributed by atoms with Crippen molar-refractivity contribution in [3.05, 3.63) is 0 Å². The molecule has 12 nitrogen and oxygen atoms in total. The van der Waals surface area contributed by atoms with Crippen LogP contribution < -0.4 is 11.5 Å². The Hall–Kier alpha value is -2.00. The van der Waals surface area contributed by atoms with Crippen molar-refractivity contribution in [2.24, 2.45) is 5.73 Å². The van der Waals surface area contributed by atoms with E-state index in [1.165, 1.54) is 0 Å². The van der Waals surface area contributed by atoms with Gasteiger partial charge in [-0.1, -0.05) is 5.10 Å². The molecule has 0 aliphatic carbocycles. The van der Waals surface area contributed by atoms with E-state index in [1.807, 2.05) is 0 Å². The Morgan fingerprint density at radius 3 is 2.58 bits per heavy atom. The normalized spacial score (nSPS) is 36.2. The Kier molecular flexibility index (Phi) is 4.95. The summed E-state index contributed by atoms with van der Waals surface area (Å²) in [6, 6.07) is -3.47. The molecule has 1 fully saturated rings. The predicted molar refractivity (Wildman–Crippen MR) is 69.6 cm³/mol. The summed E-state index contributed by atoms with van der Waals surface area (Å²) in [5.41, 5.74) is 11.1. The summed E-state index contributed by atoms with van der Waals surface area (Å²) in [6.45, 7) is -0.961. The number of nitrogen functional groups attached to an aromatic ring is 1. The van der Waals surface area contributed by atoms with Crippen LogP contribution in [0.15, 0.2) is 0 Å². The maximum absolute atomic E-state index is 14.6. The van der Waals surface area contributed by atoms with Crippen LogP contribution in [-0.2, 0) is 9.53 Å². The largest absolute Gasteiger partial charge is 0.477 e. The van der Waals surface area contributed by atoms with Crippen molar-refractivity contribution in [3.8, 4) is 0 Å². The molecule has 1 aliphatic rings. The molecule has 1 saturated heterocycles. The molecule has 1 aliphatic heterocycles. The molecular weight excluding hydrogens is 338 g/mol. The van der Waals surface area contributed by atoms with Gasteiger partial charge in [-0.3, -0.25) is 0 Å². The van der Waals surface area contributed by atoms with E-state index in [-0.39, 0.29) is 0 Å². The van der Waals surface area contributed by atoms with Crippen molar-refractivity contribution in [2.45, 2.75) is 42.4 Å². The lowest BCUT2D eigenvalue weighted by Gasteiger charge is -2.45. The van der Waals surface area contributed by atoms with E-state index in [2.05, 4.69) is 20.3 Å². The number of tetrazole rings is 1. The molecule has 0 radical (unpaired) electrons. The fourth-order valence-corrected chi connectivity index (χ4v) is 2.44. The molecule has 1 aromatic rings. The van der Waals surface area contributed by atoms with Crippen LogP contribution in [-0.4, -0.2) is 89.6 Å². The fraction of sp³-hybridized carbons (Fsp3) is 0.800. The van der Waals surface area contributed by atoms with Crippen LogP contribution in [0.1, 0.15) is 6.04 Å². The van der Waals surface area contributed by atoms with Crippen LogP contribution in [0, 0.1) is 0 Å². The highest BCUT2D eigenvalue weighted by Crippen LogP contribution is 2.40. The number of carbonyl (C=O) groups is 1. The van der Waals surface area contributed by atoms with Crippen molar-refractivity contribution in [1.82, 2.24) is 20.2 Å². The monoisotopic (exact) mass is 354 g/mol. The number of aliphatic carboxylic acids is 1. The standard InChI is InChI=1S/C10H16F2N6O6/c11-7-4(18-9(14)15-16-17-18)3(13)6(5(21)2(20)1-19)24-10(7,12)8(22)23/h2-7,19-21H,1,13H2,(H,22,23)(H2,14,15,17)/t2-,3-,4-,5-,6-,7?,10?/m1/s1. The summed E-state index contributed by atoms with van der Waals surface area (Å²) in [5.74, 6) is -6.72. The molecule has 2 rings (SSSR count). The first kappa shape index (κ1) is 18.3. The molecule has 7 atom stereocenters. The van der Waals surface area contributed by atoms with Gasteiger partial charge in [-0.15, -0.1) is 0 Å². The summed E-state index contributed by atoms with van der Waals surface area (Å²) in [4.78, 5) is 11.1. The Bertz CT molecular complexity index is 606. The third-order valence-corrected chi connectivity index (χ3v) is 3.75. The number of ether oxygens (including phenoxy) is 1. The first-order valence-corrected chi connectivity index (χ1v) is 6.65. The minimum atomic E-state index is -3.92. The van der Waals surface area contributed by atoms with Gasteiger partial charge in [0, 0.05) is 0 Å². The number of nitrogens with two attached hydrogens (primary N) is 2. The van der Waals surface area contributed by atoms with Gasteiger partial charge in [-0.2, -0.15) is 4.39 Å². The number of anilines is 1. The lowest BCUT2D eigenvalue weighted by molar-refractivity contribution is -0.281. The highest BCUT2D eigenvalue weighted by molar-refractivity contribution is 5.76. The minimum absolute atomic E-state index is 0.483. The molecule has 0 saturated carbocycles. The van der Waals surface area contributed by atoms with Crippen molar-refractivity contribution in [3.63, 3.8) is 0 Å². The van der Waals surface area contributed by atoms with E-state index >= 15 is 0 Å². The molecule has 1 aromatic heterocycles. The number of alkyl halides is 2. The highest BCUT2D eigenvalue weighted by atomic mass is 19.2. The minimum Gasteiger partial charge on any atom is -0.477 e. The summed E-state index contributed by atoms with van der Waals surface area (Å²) >= 11 is 0. The Labute approximate surface area is 132 Å². The average molecular weight is 354 g/mol. The van der Waals surface area contributed by atoms with Gasteiger partial charge in [0.25, 0.3) is 0 Å². The lowest BCUT2D eigenvalue weighted by atomic mass is 9.86. The average Bonchev–Trinajstić information content (AvgIpc) is 2.95. The van der Waals surface area contributed by atoms with Crippen LogP contribution in [0.3, 0.4) is 0 Å². The maximum Gasteiger partial charge on any atom is 0.372 e. The number of carboxylic acid groups (broad SMARTS) is 1. The predicted octanol–water partition coefficient (Wildman–Crippen LogP) is -3.67. The molecule has 8 N–H and O–H groups in total. The van der Waals surface area contributed by atoms with Gasteiger partial charge in [0.2, 0.25) is 5.95 Å². The van der Waals surface area contributed by atoms with Crippen molar-refractivity contribution in [2.75, 3.05) is 12.3 Å². The topological polar surface area (TPSA) is 203 Å². The summed E-state index contributed by atoms with van der Waals surface area (Å²) < 4.78 is 34.2. The number of aliphatic hydroxyl groups excluding tert-OH is 3.